The molecule has 2 aromatic rings. The molecule has 0 saturated carbocycles. The van der Waals surface area contributed by atoms with Crippen LogP contribution in [0.15, 0.2) is 48.5 Å². The van der Waals surface area contributed by atoms with Gasteiger partial charge in [0.2, 0.25) is 5.91 Å². The molecule has 0 atom stereocenters. The summed E-state index contributed by atoms with van der Waals surface area (Å²) < 4.78 is 10.6. The van der Waals surface area contributed by atoms with E-state index in [4.69, 9.17) is 9.47 Å². The van der Waals surface area contributed by atoms with Gasteiger partial charge in [0, 0.05) is 26.1 Å². The molecule has 142 valence electrons. The van der Waals surface area contributed by atoms with Gasteiger partial charge in [-0.2, -0.15) is 0 Å². The summed E-state index contributed by atoms with van der Waals surface area (Å²) >= 11 is 0. The van der Waals surface area contributed by atoms with Crippen molar-refractivity contribution in [2.45, 2.75) is 19.4 Å². The number of carbonyl (C=O) groups excluding carboxylic acids is 2. The first-order chi connectivity index (χ1) is 13.2. The molecule has 2 aromatic carbocycles. The van der Waals surface area contributed by atoms with Gasteiger partial charge < -0.3 is 19.7 Å². The number of nitrogens with zero attached hydrogens (tertiary/aromatic N) is 1. The van der Waals surface area contributed by atoms with Crippen LogP contribution in [0.3, 0.4) is 0 Å². The minimum Gasteiger partial charge on any atom is -0.493 e. The largest absolute Gasteiger partial charge is 0.493 e. The van der Waals surface area contributed by atoms with Gasteiger partial charge in [-0.15, -0.1) is 0 Å². The third-order valence-corrected chi connectivity index (χ3v) is 4.57. The molecule has 0 fully saturated rings. The van der Waals surface area contributed by atoms with Gasteiger partial charge in [0.25, 0.3) is 5.91 Å². The van der Waals surface area contributed by atoms with E-state index in [2.05, 4.69) is 17.4 Å². The summed E-state index contributed by atoms with van der Waals surface area (Å²) in [6.07, 6.45) is 1.16. The number of methoxy groups -OCH3 is 1. The first kappa shape index (κ1) is 18.8. The molecule has 0 aliphatic carbocycles. The first-order valence-electron chi connectivity index (χ1n) is 9.04. The Bertz CT molecular complexity index is 806. The summed E-state index contributed by atoms with van der Waals surface area (Å²) in [6, 6.07) is 15.3. The van der Waals surface area contributed by atoms with Crippen LogP contribution in [0.2, 0.25) is 0 Å². The van der Waals surface area contributed by atoms with Crippen LogP contribution in [0.25, 0.3) is 0 Å². The fourth-order valence-electron chi connectivity index (χ4n) is 3.11. The van der Waals surface area contributed by atoms with Crippen molar-refractivity contribution in [3.63, 3.8) is 0 Å². The molecule has 6 heteroatoms. The number of nitrogens with one attached hydrogen (secondary N) is 1. The predicted octanol–water partition coefficient (Wildman–Crippen LogP) is 2.17. The lowest BCUT2D eigenvalue weighted by Crippen LogP contribution is -2.38. The molecule has 0 bridgehead atoms. The monoisotopic (exact) mass is 368 g/mol. The Morgan fingerprint density at radius 1 is 1.04 bits per heavy atom. The normalized spacial score (nSPS) is 12.9. The molecule has 0 saturated heterocycles. The highest BCUT2D eigenvalue weighted by Gasteiger charge is 2.20. The number of benzene rings is 2. The lowest BCUT2D eigenvalue weighted by Gasteiger charge is -2.29. The van der Waals surface area contributed by atoms with Gasteiger partial charge in [-0.3, -0.25) is 9.59 Å². The second-order valence-corrected chi connectivity index (χ2v) is 6.37. The molecule has 3 rings (SSSR count). The Hall–Kier alpha value is -3.02. The van der Waals surface area contributed by atoms with Gasteiger partial charge in [-0.1, -0.05) is 36.4 Å². The lowest BCUT2D eigenvalue weighted by molar-refractivity contribution is -0.132. The average molecular weight is 368 g/mol. The summed E-state index contributed by atoms with van der Waals surface area (Å²) in [5, 5.41) is 2.73. The zero-order valence-electron chi connectivity index (χ0n) is 15.4. The Kier molecular flexibility index (Phi) is 6.30. The third kappa shape index (κ3) is 5.00. The van der Waals surface area contributed by atoms with Crippen LogP contribution in [-0.2, 0) is 22.6 Å². The maximum Gasteiger partial charge on any atom is 0.257 e. The summed E-state index contributed by atoms with van der Waals surface area (Å²) in [7, 11) is 1.55. The molecule has 6 nitrogen and oxygen atoms in total. The van der Waals surface area contributed by atoms with Gasteiger partial charge in [-0.25, -0.2) is 0 Å². The van der Waals surface area contributed by atoms with Crippen LogP contribution in [0, 0.1) is 0 Å². The Labute approximate surface area is 159 Å². The van der Waals surface area contributed by atoms with Crippen LogP contribution < -0.4 is 14.8 Å². The maximum atomic E-state index is 12.4. The molecule has 2 amide bonds. The summed E-state index contributed by atoms with van der Waals surface area (Å²) in [4.78, 5) is 26.2. The number of amides is 2. The van der Waals surface area contributed by atoms with E-state index in [0.29, 0.717) is 24.6 Å². The van der Waals surface area contributed by atoms with E-state index in [-0.39, 0.29) is 24.8 Å². The second-order valence-electron chi connectivity index (χ2n) is 6.37. The highest BCUT2D eigenvalue weighted by Crippen LogP contribution is 2.25. The van der Waals surface area contributed by atoms with E-state index in [1.165, 1.54) is 11.1 Å². The van der Waals surface area contributed by atoms with Crippen molar-refractivity contribution in [3.05, 3.63) is 59.7 Å². The van der Waals surface area contributed by atoms with Crippen molar-refractivity contribution in [1.82, 2.24) is 10.2 Å². The van der Waals surface area contributed by atoms with Crippen molar-refractivity contribution in [2.24, 2.45) is 0 Å². The standard InChI is InChI=1S/C21H24N2O4/c1-26-18-8-4-5-9-19(18)27-15-20(24)22-12-10-21(25)23-13-11-16-6-2-3-7-17(16)14-23/h2-9H,10-15H2,1H3,(H,22,24). The Morgan fingerprint density at radius 2 is 1.74 bits per heavy atom. The molecule has 1 N–H and O–H groups in total. The summed E-state index contributed by atoms with van der Waals surface area (Å²) in [5.74, 6) is 0.872. The molecule has 0 spiro atoms. The van der Waals surface area contributed by atoms with Crippen molar-refractivity contribution >= 4 is 11.8 Å². The number of rotatable bonds is 7. The molecule has 1 aliphatic heterocycles. The molecule has 0 radical (unpaired) electrons. The summed E-state index contributed by atoms with van der Waals surface area (Å²) in [5.41, 5.74) is 2.51. The number of para-hydroxylation sites is 2. The molecule has 1 heterocycles. The molecule has 0 unspecified atom stereocenters. The Balaban J connectivity index is 1.39. The van der Waals surface area contributed by atoms with Crippen LogP contribution in [-0.4, -0.2) is 43.5 Å². The van der Waals surface area contributed by atoms with Crippen molar-refractivity contribution < 1.29 is 19.1 Å². The van der Waals surface area contributed by atoms with Crippen molar-refractivity contribution in [3.8, 4) is 11.5 Å². The van der Waals surface area contributed by atoms with E-state index in [1.54, 1.807) is 19.2 Å². The minimum absolute atomic E-state index is 0.0513. The molecule has 27 heavy (non-hydrogen) atoms. The zero-order chi connectivity index (χ0) is 19.1. The SMILES string of the molecule is COc1ccccc1OCC(=O)NCCC(=O)N1CCc2ccccc2C1. The van der Waals surface area contributed by atoms with E-state index in [1.807, 2.05) is 29.2 Å². The van der Waals surface area contributed by atoms with Crippen LogP contribution in [0.1, 0.15) is 17.5 Å². The van der Waals surface area contributed by atoms with Crippen molar-refractivity contribution in [2.75, 3.05) is 26.8 Å². The van der Waals surface area contributed by atoms with Gasteiger partial charge in [0.15, 0.2) is 18.1 Å². The van der Waals surface area contributed by atoms with E-state index < -0.39 is 0 Å². The van der Waals surface area contributed by atoms with E-state index in [9.17, 15) is 9.59 Å². The van der Waals surface area contributed by atoms with E-state index >= 15 is 0 Å². The molecule has 0 aromatic heterocycles. The van der Waals surface area contributed by atoms with Gasteiger partial charge in [0.05, 0.1) is 7.11 Å². The maximum absolute atomic E-state index is 12.4. The van der Waals surface area contributed by atoms with E-state index in [0.717, 1.165) is 13.0 Å². The van der Waals surface area contributed by atoms with Crippen LogP contribution in [0.4, 0.5) is 0 Å². The number of fused-ring (bicyclic) bond motifs is 1. The zero-order valence-corrected chi connectivity index (χ0v) is 15.4. The van der Waals surface area contributed by atoms with Gasteiger partial charge in [-0.05, 0) is 29.7 Å². The number of hydrogen-bond donors (Lipinski definition) is 1. The smallest absolute Gasteiger partial charge is 0.257 e. The second kappa shape index (κ2) is 9.07. The first-order valence-corrected chi connectivity index (χ1v) is 9.04. The fraction of sp³-hybridized carbons (Fsp3) is 0.333. The minimum atomic E-state index is -0.266. The van der Waals surface area contributed by atoms with Gasteiger partial charge >= 0.3 is 0 Å². The molecular formula is C21H24N2O4. The topological polar surface area (TPSA) is 67.9 Å². The lowest BCUT2D eigenvalue weighted by atomic mass is 10.00. The highest BCUT2D eigenvalue weighted by molar-refractivity contribution is 5.80. The number of ether oxygens (including phenoxy) is 2. The fourth-order valence-corrected chi connectivity index (χ4v) is 3.11. The summed E-state index contributed by atoms with van der Waals surface area (Å²) in [6.45, 7) is 1.54. The average Bonchev–Trinajstić information content (AvgIpc) is 2.72. The molecular weight excluding hydrogens is 344 g/mol. The number of hydrogen-bond acceptors (Lipinski definition) is 4. The Morgan fingerprint density at radius 3 is 2.52 bits per heavy atom. The van der Waals surface area contributed by atoms with Crippen LogP contribution in [0.5, 0.6) is 11.5 Å². The predicted molar refractivity (Wildman–Crippen MR) is 102 cm³/mol. The number of carbonyl (C=O) groups is 2. The van der Waals surface area contributed by atoms with Crippen molar-refractivity contribution in [1.29, 1.82) is 0 Å². The molecule has 1 aliphatic rings. The van der Waals surface area contributed by atoms with Gasteiger partial charge in [0.1, 0.15) is 0 Å². The quantitative estimate of drug-likeness (QED) is 0.813. The highest BCUT2D eigenvalue weighted by atomic mass is 16.5. The van der Waals surface area contributed by atoms with Crippen LogP contribution >= 0.6 is 0 Å². The third-order valence-electron chi connectivity index (χ3n) is 4.57.